The fourth-order valence-electron chi connectivity index (χ4n) is 2.04. The summed E-state index contributed by atoms with van der Waals surface area (Å²) in [4.78, 5) is 0. The van der Waals surface area contributed by atoms with Gasteiger partial charge in [0.15, 0.2) is 0 Å². The van der Waals surface area contributed by atoms with Crippen LogP contribution in [0.15, 0.2) is 28.9 Å². The minimum absolute atomic E-state index is 0.432. The molecule has 4 heteroatoms. The van der Waals surface area contributed by atoms with Crippen molar-refractivity contribution in [2.24, 2.45) is 0 Å². The molecule has 0 saturated heterocycles. The Hall–Kier alpha value is -1.16. The second-order valence-corrected chi connectivity index (χ2v) is 5.55. The first kappa shape index (κ1) is 13.3. The molecule has 0 radical (unpaired) electrons. The number of hydrogen-bond acceptors (Lipinski definition) is 2. The van der Waals surface area contributed by atoms with Gasteiger partial charge in [0.2, 0.25) is 0 Å². The van der Waals surface area contributed by atoms with Gasteiger partial charge in [-0.05, 0) is 43.4 Å². The average molecular weight is 308 g/mol. The zero-order valence-electron chi connectivity index (χ0n) is 11.0. The summed E-state index contributed by atoms with van der Waals surface area (Å²) in [6, 6.07) is 6.50. The predicted molar refractivity (Wildman–Crippen MR) is 76.7 cm³/mol. The molecule has 0 bridgehead atoms. The number of hydrogen-bond donors (Lipinski definition) is 0. The molecule has 0 fully saturated rings. The number of halogens is 1. The molecule has 0 aliphatic heterocycles. The van der Waals surface area contributed by atoms with Gasteiger partial charge in [-0.1, -0.05) is 40.2 Å². The molecule has 0 aliphatic carbocycles. The third kappa shape index (κ3) is 2.99. The Bertz CT molecular complexity index is 534. The molecule has 0 saturated carbocycles. The molecule has 1 atom stereocenters. The highest BCUT2D eigenvalue weighted by molar-refractivity contribution is 9.10. The lowest BCUT2D eigenvalue weighted by atomic mass is 9.96. The summed E-state index contributed by atoms with van der Waals surface area (Å²) in [6.45, 7) is 7.26. The number of nitrogens with zero attached hydrogens (tertiary/aromatic N) is 3. The van der Waals surface area contributed by atoms with Gasteiger partial charge < -0.3 is 0 Å². The smallest absolute Gasteiger partial charge is 0.0833 e. The van der Waals surface area contributed by atoms with Crippen LogP contribution in [0.2, 0.25) is 0 Å². The molecule has 1 aromatic heterocycles. The molecule has 1 heterocycles. The third-order valence-electron chi connectivity index (χ3n) is 3.11. The molecular weight excluding hydrogens is 290 g/mol. The van der Waals surface area contributed by atoms with Crippen LogP contribution in [0.25, 0.3) is 0 Å². The first-order valence-corrected chi connectivity index (χ1v) is 7.04. The van der Waals surface area contributed by atoms with Gasteiger partial charge in [0.05, 0.1) is 5.69 Å². The van der Waals surface area contributed by atoms with Gasteiger partial charge in [0.1, 0.15) is 0 Å². The van der Waals surface area contributed by atoms with Crippen LogP contribution in [-0.4, -0.2) is 15.0 Å². The largest absolute Gasteiger partial charge is 0.253 e. The van der Waals surface area contributed by atoms with Crippen molar-refractivity contribution in [3.8, 4) is 0 Å². The van der Waals surface area contributed by atoms with Gasteiger partial charge in [-0.25, -0.2) is 0 Å². The Kier molecular flexibility index (Phi) is 4.17. The number of rotatable bonds is 4. The zero-order valence-corrected chi connectivity index (χ0v) is 12.6. The van der Waals surface area contributed by atoms with E-state index in [0.717, 1.165) is 18.7 Å². The second-order valence-electron chi connectivity index (χ2n) is 4.70. The lowest BCUT2D eigenvalue weighted by Crippen LogP contribution is -2.00. The van der Waals surface area contributed by atoms with Crippen molar-refractivity contribution < 1.29 is 0 Å². The van der Waals surface area contributed by atoms with E-state index in [1.54, 1.807) is 0 Å². The molecule has 0 aliphatic rings. The van der Waals surface area contributed by atoms with E-state index in [1.807, 2.05) is 10.9 Å². The Labute approximate surface area is 116 Å². The summed E-state index contributed by atoms with van der Waals surface area (Å²) in [5.74, 6) is 0.432. The summed E-state index contributed by atoms with van der Waals surface area (Å²) in [7, 11) is 0. The minimum atomic E-state index is 0.432. The van der Waals surface area contributed by atoms with Crippen LogP contribution < -0.4 is 0 Å². The predicted octanol–water partition coefficient (Wildman–Crippen LogP) is 3.72. The molecule has 1 unspecified atom stereocenters. The fourth-order valence-corrected chi connectivity index (χ4v) is 2.93. The third-order valence-corrected chi connectivity index (χ3v) is 3.80. The van der Waals surface area contributed by atoms with Gasteiger partial charge in [-0.15, -0.1) is 5.10 Å². The van der Waals surface area contributed by atoms with Crippen LogP contribution >= 0.6 is 15.9 Å². The summed E-state index contributed by atoms with van der Waals surface area (Å²) in [5, 5.41) is 8.27. The molecule has 0 amide bonds. The van der Waals surface area contributed by atoms with Crippen molar-refractivity contribution >= 4 is 15.9 Å². The normalized spacial score (nSPS) is 12.7. The van der Waals surface area contributed by atoms with E-state index < -0.39 is 0 Å². The first-order valence-electron chi connectivity index (χ1n) is 6.25. The molecular formula is C14H18BrN3. The monoisotopic (exact) mass is 307 g/mol. The lowest BCUT2D eigenvalue weighted by molar-refractivity contribution is 0.626. The van der Waals surface area contributed by atoms with E-state index in [1.165, 1.54) is 15.6 Å². The molecule has 1 aromatic carbocycles. The maximum atomic E-state index is 4.20. The highest BCUT2D eigenvalue weighted by Crippen LogP contribution is 2.27. The zero-order chi connectivity index (χ0) is 13.1. The standard InChI is InChI=1S/C14H18BrN3/c1-4-18-9-12(16-17-18)8-11(3)13-6-5-10(2)7-14(13)15/h5-7,9,11H,4,8H2,1-3H3. The van der Waals surface area contributed by atoms with E-state index in [4.69, 9.17) is 0 Å². The SMILES string of the molecule is CCn1cc(CC(C)c2ccc(C)cc2Br)nn1. The molecule has 2 aromatic rings. The Balaban J connectivity index is 2.13. The van der Waals surface area contributed by atoms with E-state index >= 15 is 0 Å². The molecule has 0 spiro atoms. The van der Waals surface area contributed by atoms with Crippen molar-refractivity contribution in [3.05, 3.63) is 45.7 Å². The van der Waals surface area contributed by atoms with Crippen LogP contribution in [0, 0.1) is 6.92 Å². The quantitative estimate of drug-likeness (QED) is 0.862. The van der Waals surface area contributed by atoms with Gasteiger partial charge in [0.25, 0.3) is 0 Å². The molecule has 3 nitrogen and oxygen atoms in total. The molecule has 96 valence electrons. The van der Waals surface area contributed by atoms with Crippen LogP contribution in [0.5, 0.6) is 0 Å². The first-order chi connectivity index (χ1) is 8.60. The van der Waals surface area contributed by atoms with Crippen molar-refractivity contribution in [3.63, 3.8) is 0 Å². The van der Waals surface area contributed by atoms with E-state index in [9.17, 15) is 0 Å². The van der Waals surface area contributed by atoms with E-state index in [-0.39, 0.29) is 0 Å². The Morgan fingerprint density at radius 3 is 2.78 bits per heavy atom. The Morgan fingerprint density at radius 1 is 1.39 bits per heavy atom. The summed E-state index contributed by atoms with van der Waals surface area (Å²) in [6.07, 6.45) is 2.94. The van der Waals surface area contributed by atoms with E-state index in [0.29, 0.717) is 5.92 Å². The van der Waals surface area contributed by atoms with Crippen molar-refractivity contribution in [2.75, 3.05) is 0 Å². The highest BCUT2D eigenvalue weighted by atomic mass is 79.9. The minimum Gasteiger partial charge on any atom is -0.253 e. The summed E-state index contributed by atoms with van der Waals surface area (Å²) < 4.78 is 3.05. The fraction of sp³-hybridized carbons (Fsp3) is 0.429. The molecule has 0 N–H and O–H groups in total. The van der Waals surface area contributed by atoms with Crippen molar-refractivity contribution in [1.82, 2.24) is 15.0 Å². The highest BCUT2D eigenvalue weighted by Gasteiger charge is 2.12. The average Bonchev–Trinajstić information content (AvgIpc) is 2.76. The number of aryl methyl sites for hydroxylation is 2. The van der Waals surface area contributed by atoms with Gasteiger partial charge >= 0.3 is 0 Å². The van der Waals surface area contributed by atoms with Crippen molar-refractivity contribution in [2.45, 2.75) is 39.7 Å². The molecule has 2 rings (SSSR count). The Morgan fingerprint density at radius 2 is 2.17 bits per heavy atom. The topological polar surface area (TPSA) is 30.7 Å². The number of aromatic nitrogens is 3. The van der Waals surface area contributed by atoms with Gasteiger partial charge in [-0.2, -0.15) is 0 Å². The van der Waals surface area contributed by atoms with Crippen molar-refractivity contribution in [1.29, 1.82) is 0 Å². The summed E-state index contributed by atoms with van der Waals surface area (Å²) >= 11 is 3.64. The van der Waals surface area contributed by atoms with Crippen LogP contribution in [0.4, 0.5) is 0 Å². The maximum absolute atomic E-state index is 4.20. The van der Waals surface area contributed by atoms with Gasteiger partial charge in [-0.3, -0.25) is 4.68 Å². The molecule has 18 heavy (non-hydrogen) atoms. The maximum Gasteiger partial charge on any atom is 0.0833 e. The van der Waals surface area contributed by atoms with Crippen LogP contribution in [-0.2, 0) is 13.0 Å². The lowest BCUT2D eigenvalue weighted by Gasteiger charge is -2.12. The summed E-state index contributed by atoms with van der Waals surface area (Å²) in [5.41, 5.74) is 3.65. The van der Waals surface area contributed by atoms with E-state index in [2.05, 4.69) is 65.2 Å². The number of benzene rings is 1. The van der Waals surface area contributed by atoms with Crippen LogP contribution in [0.3, 0.4) is 0 Å². The van der Waals surface area contributed by atoms with Gasteiger partial charge in [0, 0.05) is 17.2 Å². The van der Waals surface area contributed by atoms with Crippen LogP contribution in [0.1, 0.15) is 36.6 Å². The second kappa shape index (κ2) is 5.65.